The van der Waals surface area contributed by atoms with Gasteiger partial charge in [-0.15, -0.1) is 0 Å². The highest BCUT2D eigenvalue weighted by atomic mass is 35.5. The third kappa shape index (κ3) is 4.05. The molecule has 0 radical (unpaired) electrons. The molecular formula is C17H19ClN2O2S. The van der Waals surface area contributed by atoms with E-state index in [9.17, 15) is 8.42 Å². The molecule has 0 amide bonds. The number of hydrogen-bond donors (Lipinski definition) is 1. The van der Waals surface area contributed by atoms with E-state index >= 15 is 0 Å². The average molecular weight is 351 g/mol. The maximum absolute atomic E-state index is 12.3. The summed E-state index contributed by atoms with van der Waals surface area (Å²) in [6.07, 6.45) is 0.979. The van der Waals surface area contributed by atoms with Crippen LogP contribution in [0.3, 0.4) is 0 Å². The minimum Gasteiger partial charge on any atom is -0.371 e. The number of para-hydroxylation sites is 1. The third-order valence-electron chi connectivity index (χ3n) is 4.08. The molecule has 3 rings (SSSR count). The van der Waals surface area contributed by atoms with Crippen LogP contribution < -0.4 is 9.62 Å². The smallest absolute Gasteiger partial charge is 0.240 e. The standard InChI is InChI=1S/C17H19ClN2O2S/c18-15-5-4-8-17(11-15)23(21,22)19-12-14-9-10-20(13-14)16-6-2-1-3-7-16/h1-8,11,14,19H,9-10,12-13H2. The quantitative estimate of drug-likeness (QED) is 0.901. The van der Waals surface area contributed by atoms with Gasteiger partial charge in [0.1, 0.15) is 0 Å². The Labute approximate surface area is 142 Å². The van der Waals surface area contributed by atoms with Crippen molar-refractivity contribution in [3.63, 3.8) is 0 Å². The predicted molar refractivity (Wildman–Crippen MR) is 93.4 cm³/mol. The Balaban J connectivity index is 1.59. The number of nitrogens with one attached hydrogen (secondary N) is 1. The van der Waals surface area contributed by atoms with Gasteiger partial charge in [-0.3, -0.25) is 0 Å². The van der Waals surface area contributed by atoms with Crippen LogP contribution in [0.25, 0.3) is 0 Å². The van der Waals surface area contributed by atoms with E-state index in [-0.39, 0.29) is 4.90 Å². The fourth-order valence-corrected chi connectivity index (χ4v) is 4.23. The molecule has 0 aromatic heterocycles. The maximum atomic E-state index is 12.3. The molecule has 2 aromatic rings. The Morgan fingerprint density at radius 3 is 2.65 bits per heavy atom. The summed E-state index contributed by atoms with van der Waals surface area (Å²) >= 11 is 5.87. The van der Waals surface area contributed by atoms with Crippen molar-refractivity contribution in [1.82, 2.24) is 4.72 Å². The monoisotopic (exact) mass is 350 g/mol. The lowest BCUT2D eigenvalue weighted by Gasteiger charge is -2.18. The average Bonchev–Trinajstić information content (AvgIpc) is 3.03. The summed E-state index contributed by atoms with van der Waals surface area (Å²) in [5, 5.41) is 0.420. The van der Waals surface area contributed by atoms with Crippen LogP contribution in [-0.2, 0) is 10.0 Å². The molecule has 0 saturated carbocycles. The molecule has 6 heteroatoms. The van der Waals surface area contributed by atoms with Gasteiger partial charge in [-0.1, -0.05) is 35.9 Å². The summed E-state index contributed by atoms with van der Waals surface area (Å²) in [6.45, 7) is 2.26. The first-order valence-electron chi connectivity index (χ1n) is 7.60. The van der Waals surface area contributed by atoms with Crippen LogP contribution in [0.4, 0.5) is 5.69 Å². The molecule has 0 aliphatic carbocycles. The molecular weight excluding hydrogens is 332 g/mol. The molecule has 1 aliphatic rings. The van der Waals surface area contributed by atoms with Crippen molar-refractivity contribution < 1.29 is 8.42 Å². The lowest BCUT2D eigenvalue weighted by atomic mass is 10.1. The number of halogens is 1. The number of sulfonamides is 1. The summed E-state index contributed by atoms with van der Waals surface area (Å²) in [6, 6.07) is 16.5. The van der Waals surface area contributed by atoms with Crippen molar-refractivity contribution in [2.45, 2.75) is 11.3 Å². The molecule has 2 aromatic carbocycles. The second-order valence-electron chi connectivity index (χ2n) is 5.75. The Hall–Kier alpha value is -1.56. The van der Waals surface area contributed by atoms with Crippen molar-refractivity contribution in [2.24, 2.45) is 5.92 Å². The Kier molecular flexibility index (Phi) is 4.90. The number of nitrogens with zero attached hydrogens (tertiary/aromatic N) is 1. The normalized spacial score (nSPS) is 18.3. The topological polar surface area (TPSA) is 49.4 Å². The number of rotatable bonds is 5. The molecule has 1 saturated heterocycles. The van der Waals surface area contributed by atoms with Gasteiger partial charge in [0.25, 0.3) is 0 Å². The van der Waals surface area contributed by atoms with Gasteiger partial charge in [0.05, 0.1) is 4.90 Å². The highest BCUT2D eigenvalue weighted by Crippen LogP contribution is 2.23. The largest absolute Gasteiger partial charge is 0.371 e. The van der Waals surface area contributed by atoms with E-state index in [1.165, 1.54) is 11.8 Å². The van der Waals surface area contributed by atoms with Crippen molar-refractivity contribution in [3.8, 4) is 0 Å². The first-order chi connectivity index (χ1) is 11.0. The Bertz CT molecular complexity index is 765. The van der Waals surface area contributed by atoms with Crippen LogP contribution in [0.2, 0.25) is 5.02 Å². The number of benzene rings is 2. The summed E-state index contributed by atoms with van der Waals surface area (Å²) in [4.78, 5) is 2.50. The second-order valence-corrected chi connectivity index (χ2v) is 7.95. The Morgan fingerprint density at radius 2 is 1.91 bits per heavy atom. The lowest BCUT2D eigenvalue weighted by molar-refractivity contribution is 0.541. The molecule has 1 unspecified atom stereocenters. The van der Waals surface area contributed by atoms with E-state index in [0.29, 0.717) is 17.5 Å². The van der Waals surface area contributed by atoms with E-state index < -0.39 is 10.0 Å². The fraction of sp³-hybridized carbons (Fsp3) is 0.294. The molecule has 1 aliphatic heterocycles. The molecule has 1 N–H and O–H groups in total. The first-order valence-corrected chi connectivity index (χ1v) is 9.46. The van der Waals surface area contributed by atoms with E-state index in [2.05, 4.69) is 21.8 Å². The minimum absolute atomic E-state index is 0.211. The molecule has 4 nitrogen and oxygen atoms in total. The SMILES string of the molecule is O=S(=O)(NCC1CCN(c2ccccc2)C1)c1cccc(Cl)c1. The fourth-order valence-electron chi connectivity index (χ4n) is 2.82. The van der Waals surface area contributed by atoms with Gasteiger partial charge >= 0.3 is 0 Å². The van der Waals surface area contributed by atoms with Crippen LogP contribution >= 0.6 is 11.6 Å². The molecule has 1 fully saturated rings. The zero-order valence-electron chi connectivity index (χ0n) is 12.7. The van der Waals surface area contributed by atoms with E-state index in [0.717, 1.165) is 19.5 Å². The van der Waals surface area contributed by atoms with Crippen LogP contribution in [0.5, 0.6) is 0 Å². The van der Waals surface area contributed by atoms with Crippen LogP contribution in [0.15, 0.2) is 59.5 Å². The molecule has 0 spiro atoms. The van der Waals surface area contributed by atoms with Crippen LogP contribution in [-0.4, -0.2) is 28.1 Å². The van der Waals surface area contributed by atoms with Crippen LogP contribution in [0, 0.1) is 5.92 Å². The highest BCUT2D eigenvalue weighted by Gasteiger charge is 2.24. The van der Waals surface area contributed by atoms with Crippen molar-refractivity contribution in [3.05, 3.63) is 59.6 Å². The minimum atomic E-state index is -3.51. The van der Waals surface area contributed by atoms with E-state index in [1.54, 1.807) is 18.2 Å². The van der Waals surface area contributed by atoms with Gasteiger partial charge in [-0.25, -0.2) is 13.1 Å². The molecule has 0 bridgehead atoms. The van der Waals surface area contributed by atoms with Crippen LogP contribution in [0.1, 0.15) is 6.42 Å². The van der Waals surface area contributed by atoms with Crippen molar-refractivity contribution in [1.29, 1.82) is 0 Å². The molecule has 122 valence electrons. The number of hydrogen-bond acceptors (Lipinski definition) is 3. The first kappa shape index (κ1) is 16.3. The zero-order valence-corrected chi connectivity index (χ0v) is 14.2. The second kappa shape index (κ2) is 6.91. The number of anilines is 1. The maximum Gasteiger partial charge on any atom is 0.240 e. The van der Waals surface area contributed by atoms with E-state index in [1.807, 2.05) is 18.2 Å². The summed E-state index contributed by atoms with van der Waals surface area (Å²) in [5.41, 5.74) is 1.19. The molecule has 23 heavy (non-hydrogen) atoms. The molecule has 1 atom stereocenters. The highest BCUT2D eigenvalue weighted by molar-refractivity contribution is 7.89. The van der Waals surface area contributed by atoms with Crippen molar-refractivity contribution in [2.75, 3.05) is 24.5 Å². The summed E-state index contributed by atoms with van der Waals surface area (Å²) in [7, 11) is -3.51. The van der Waals surface area contributed by atoms with Gasteiger partial charge < -0.3 is 4.90 Å². The van der Waals surface area contributed by atoms with Gasteiger partial charge in [-0.05, 0) is 42.7 Å². The van der Waals surface area contributed by atoms with Gasteiger partial charge in [0.2, 0.25) is 10.0 Å². The predicted octanol–water partition coefficient (Wildman–Crippen LogP) is 3.14. The summed E-state index contributed by atoms with van der Waals surface area (Å²) < 4.78 is 27.3. The van der Waals surface area contributed by atoms with E-state index in [4.69, 9.17) is 11.6 Å². The zero-order chi connectivity index (χ0) is 16.3. The van der Waals surface area contributed by atoms with Crippen molar-refractivity contribution >= 4 is 27.3 Å². The third-order valence-corrected chi connectivity index (χ3v) is 5.73. The Morgan fingerprint density at radius 1 is 1.13 bits per heavy atom. The van der Waals surface area contributed by atoms with Gasteiger partial charge in [0.15, 0.2) is 0 Å². The van der Waals surface area contributed by atoms with Gasteiger partial charge in [0, 0.05) is 30.3 Å². The molecule has 1 heterocycles. The summed E-state index contributed by atoms with van der Waals surface area (Å²) in [5.74, 6) is 0.309. The lowest BCUT2D eigenvalue weighted by Crippen LogP contribution is -2.31. The van der Waals surface area contributed by atoms with Gasteiger partial charge in [-0.2, -0.15) is 0 Å².